The highest BCUT2D eigenvalue weighted by molar-refractivity contribution is 9.10. The molecule has 0 atom stereocenters. The molecule has 1 heterocycles. The van der Waals surface area contributed by atoms with Gasteiger partial charge in [-0.25, -0.2) is 9.78 Å². The molecule has 0 aliphatic carbocycles. The summed E-state index contributed by atoms with van der Waals surface area (Å²) in [4.78, 5) is 29.8. The maximum absolute atomic E-state index is 13.1. The van der Waals surface area contributed by atoms with Gasteiger partial charge in [0.25, 0.3) is 5.91 Å². The van der Waals surface area contributed by atoms with Crippen molar-refractivity contribution in [3.8, 4) is 5.75 Å². The lowest BCUT2D eigenvalue weighted by molar-refractivity contribution is 0.0500. The van der Waals surface area contributed by atoms with Gasteiger partial charge in [0.2, 0.25) is 0 Å². The molecule has 1 aromatic heterocycles. The van der Waals surface area contributed by atoms with Gasteiger partial charge in [0, 0.05) is 0 Å². The average Bonchev–Trinajstić information content (AvgIpc) is 3.20. The van der Waals surface area contributed by atoms with Crippen LogP contribution in [0.3, 0.4) is 0 Å². The molecule has 0 unspecified atom stereocenters. The van der Waals surface area contributed by atoms with E-state index in [1.807, 2.05) is 31.2 Å². The summed E-state index contributed by atoms with van der Waals surface area (Å²) in [5, 5.41) is 5.17. The Morgan fingerprint density at radius 1 is 1.16 bits per heavy atom. The van der Waals surface area contributed by atoms with Crippen LogP contribution in [0.25, 0.3) is 21.0 Å². The number of methoxy groups -OCH3 is 1. The van der Waals surface area contributed by atoms with Crippen molar-refractivity contribution < 1.29 is 19.1 Å². The summed E-state index contributed by atoms with van der Waals surface area (Å²) in [6, 6.07) is 14.7. The number of carbonyl (C=O) groups excluding carboxylic acids is 2. The summed E-state index contributed by atoms with van der Waals surface area (Å²) >= 11 is 4.85. The van der Waals surface area contributed by atoms with E-state index in [1.165, 1.54) is 18.4 Å². The molecule has 0 bridgehead atoms. The smallest absolute Gasteiger partial charge is 0.338 e. The highest BCUT2D eigenvalue weighted by atomic mass is 79.9. The number of thiazole rings is 1. The standard InChI is InChI=1S/C24H21BrN2O4S/c1-3-4-11-31-23(29)15-9-10-18-19(13-15)32-24(26-18)27-22(28)17-12-14-7-5-6-8-16(14)20(25)21(17)30-2/h5-10,12-13H,3-4,11H2,1-2H3,(H,26,27,28). The highest BCUT2D eigenvalue weighted by Gasteiger charge is 2.20. The number of hydrogen-bond acceptors (Lipinski definition) is 6. The number of amides is 1. The third-order valence-corrected chi connectivity index (χ3v) is 6.69. The normalized spacial score (nSPS) is 11.0. The summed E-state index contributed by atoms with van der Waals surface area (Å²) in [7, 11) is 1.53. The highest BCUT2D eigenvalue weighted by Crippen LogP contribution is 2.37. The number of fused-ring (bicyclic) bond motifs is 2. The number of aromatic nitrogens is 1. The molecule has 0 saturated carbocycles. The van der Waals surface area contributed by atoms with Crippen LogP contribution in [-0.4, -0.2) is 30.6 Å². The number of hydrogen-bond donors (Lipinski definition) is 1. The molecule has 8 heteroatoms. The predicted molar refractivity (Wildman–Crippen MR) is 131 cm³/mol. The Bertz CT molecular complexity index is 1320. The van der Waals surface area contributed by atoms with Gasteiger partial charge in [0.1, 0.15) is 5.75 Å². The quantitative estimate of drug-likeness (QED) is 0.228. The average molecular weight is 513 g/mol. The molecule has 32 heavy (non-hydrogen) atoms. The number of nitrogens with zero attached hydrogens (tertiary/aromatic N) is 1. The zero-order valence-corrected chi connectivity index (χ0v) is 20.0. The Labute approximate surface area is 197 Å². The van der Waals surface area contributed by atoms with Crippen LogP contribution in [0, 0.1) is 0 Å². The third kappa shape index (κ3) is 4.47. The molecular formula is C24H21BrN2O4S. The fourth-order valence-corrected chi connectivity index (χ4v) is 4.95. The van der Waals surface area contributed by atoms with Gasteiger partial charge < -0.3 is 9.47 Å². The van der Waals surface area contributed by atoms with Crippen LogP contribution in [0.1, 0.15) is 40.5 Å². The van der Waals surface area contributed by atoms with E-state index in [0.29, 0.717) is 34.1 Å². The van der Waals surface area contributed by atoms with E-state index in [2.05, 4.69) is 26.2 Å². The molecule has 0 saturated heterocycles. The number of rotatable bonds is 7. The number of esters is 1. The first-order valence-electron chi connectivity index (χ1n) is 10.2. The van der Waals surface area contributed by atoms with Gasteiger partial charge in [-0.15, -0.1) is 0 Å². The van der Waals surface area contributed by atoms with Crippen LogP contribution >= 0.6 is 27.3 Å². The number of unbranched alkanes of at least 4 members (excludes halogenated alkanes) is 1. The Morgan fingerprint density at radius 3 is 2.75 bits per heavy atom. The van der Waals surface area contributed by atoms with Crippen molar-refractivity contribution in [3.05, 3.63) is 64.1 Å². The maximum atomic E-state index is 13.1. The van der Waals surface area contributed by atoms with Crippen LogP contribution < -0.4 is 10.1 Å². The molecule has 6 nitrogen and oxygen atoms in total. The largest absolute Gasteiger partial charge is 0.495 e. The summed E-state index contributed by atoms with van der Waals surface area (Å²) < 4.78 is 12.3. The van der Waals surface area contributed by atoms with E-state index in [-0.39, 0.29) is 11.9 Å². The van der Waals surface area contributed by atoms with Gasteiger partial charge in [-0.3, -0.25) is 10.1 Å². The lowest BCUT2D eigenvalue weighted by Crippen LogP contribution is -2.13. The van der Waals surface area contributed by atoms with Gasteiger partial charge in [-0.05, 0) is 57.4 Å². The van der Waals surface area contributed by atoms with Gasteiger partial charge >= 0.3 is 5.97 Å². The molecule has 1 N–H and O–H groups in total. The topological polar surface area (TPSA) is 77.5 Å². The van der Waals surface area contributed by atoms with Crippen LogP contribution in [0.4, 0.5) is 5.13 Å². The molecule has 3 aromatic carbocycles. The SMILES string of the molecule is CCCCOC(=O)c1ccc2nc(NC(=O)c3cc4ccccc4c(Br)c3OC)sc2c1. The molecule has 0 aliphatic rings. The Kier molecular flexibility index (Phi) is 6.72. The van der Waals surface area contributed by atoms with Gasteiger partial charge in [0.15, 0.2) is 5.13 Å². The zero-order chi connectivity index (χ0) is 22.7. The van der Waals surface area contributed by atoms with Gasteiger partial charge in [-0.2, -0.15) is 0 Å². The summed E-state index contributed by atoms with van der Waals surface area (Å²) in [5.41, 5.74) is 1.56. The van der Waals surface area contributed by atoms with Crippen LogP contribution in [0.5, 0.6) is 5.75 Å². The number of nitrogens with one attached hydrogen (secondary N) is 1. The lowest BCUT2D eigenvalue weighted by Gasteiger charge is -2.12. The minimum Gasteiger partial charge on any atom is -0.495 e. The minimum atomic E-state index is -0.356. The van der Waals surface area contributed by atoms with Crippen molar-refractivity contribution in [2.45, 2.75) is 19.8 Å². The fourth-order valence-electron chi connectivity index (χ4n) is 3.31. The van der Waals surface area contributed by atoms with E-state index < -0.39 is 0 Å². The van der Waals surface area contributed by atoms with Gasteiger partial charge in [0.05, 0.1) is 39.5 Å². The predicted octanol–water partition coefficient (Wildman–Crippen LogP) is 6.43. The van der Waals surface area contributed by atoms with E-state index >= 15 is 0 Å². The fraction of sp³-hybridized carbons (Fsp3) is 0.208. The lowest BCUT2D eigenvalue weighted by atomic mass is 10.1. The second-order valence-corrected chi connectivity index (χ2v) is 8.96. The molecular weight excluding hydrogens is 492 g/mol. The zero-order valence-electron chi connectivity index (χ0n) is 17.6. The van der Waals surface area contributed by atoms with Crippen LogP contribution in [0.2, 0.25) is 0 Å². The molecule has 0 aliphatic heterocycles. The number of benzene rings is 3. The minimum absolute atomic E-state index is 0.327. The second-order valence-electron chi connectivity index (χ2n) is 7.14. The molecule has 0 radical (unpaired) electrons. The van der Waals surface area contributed by atoms with Crippen LogP contribution in [-0.2, 0) is 4.74 Å². The second kappa shape index (κ2) is 9.67. The number of ether oxygens (including phenoxy) is 2. The molecule has 0 spiro atoms. The summed E-state index contributed by atoms with van der Waals surface area (Å²) in [6.45, 7) is 2.44. The van der Waals surface area contributed by atoms with E-state index in [9.17, 15) is 9.59 Å². The number of halogens is 1. The Hall–Kier alpha value is -2.97. The maximum Gasteiger partial charge on any atom is 0.338 e. The van der Waals surface area contributed by atoms with E-state index in [0.717, 1.165) is 32.8 Å². The first-order chi connectivity index (χ1) is 15.5. The number of carbonyl (C=O) groups is 2. The van der Waals surface area contributed by atoms with Crippen molar-refractivity contribution in [2.24, 2.45) is 0 Å². The molecule has 0 fully saturated rings. The van der Waals surface area contributed by atoms with Crippen molar-refractivity contribution in [2.75, 3.05) is 19.0 Å². The van der Waals surface area contributed by atoms with E-state index in [1.54, 1.807) is 24.3 Å². The van der Waals surface area contributed by atoms with E-state index in [4.69, 9.17) is 9.47 Å². The first-order valence-corrected chi connectivity index (χ1v) is 11.8. The third-order valence-electron chi connectivity index (χ3n) is 4.97. The van der Waals surface area contributed by atoms with Crippen molar-refractivity contribution in [3.63, 3.8) is 0 Å². The molecule has 164 valence electrons. The first kappa shape index (κ1) is 22.2. The van der Waals surface area contributed by atoms with Gasteiger partial charge in [-0.1, -0.05) is 48.9 Å². The van der Waals surface area contributed by atoms with Crippen molar-refractivity contribution in [1.29, 1.82) is 0 Å². The summed E-state index contributed by atoms with van der Waals surface area (Å²) in [5.74, 6) is -0.226. The summed E-state index contributed by atoms with van der Waals surface area (Å²) in [6.07, 6.45) is 1.79. The molecule has 4 aromatic rings. The molecule has 1 amide bonds. The van der Waals surface area contributed by atoms with Crippen molar-refractivity contribution in [1.82, 2.24) is 4.98 Å². The molecule has 4 rings (SSSR count). The van der Waals surface area contributed by atoms with Crippen molar-refractivity contribution >= 4 is 65.3 Å². The Balaban J connectivity index is 1.59. The monoisotopic (exact) mass is 512 g/mol. The number of anilines is 1. The van der Waals surface area contributed by atoms with Crippen LogP contribution in [0.15, 0.2) is 53.0 Å². The Morgan fingerprint density at radius 2 is 1.97 bits per heavy atom.